The first kappa shape index (κ1) is 11.3. The molecule has 94 valence electrons. The molecule has 0 amide bonds. The fourth-order valence-electron chi connectivity index (χ4n) is 3.02. The van der Waals surface area contributed by atoms with Gasteiger partial charge in [0.25, 0.3) is 0 Å². The minimum absolute atomic E-state index is 0.693. The van der Waals surface area contributed by atoms with Crippen molar-refractivity contribution in [3.05, 3.63) is 30.0 Å². The maximum absolute atomic E-state index is 11.7. The Bertz CT molecular complexity index is 582. The van der Waals surface area contributed by atoms with Crippen LogP contribution >= 0.6 is 0 Å². The number of nitrogens with zero attached hydrogens (tertiary/aromatic N) is 1. The average molecular weight is 244 g/mol. The van der Waals surface area contributed by atoms with Gasteiger partial charge in [-0.1, -0.05) is 31.4 Å². The number of H-pyrrole nitrogens is 1. The summed E-state index contributed by atoms with van der Waals surface area (Å²) in [5, 5.41) is 17.6. The zero-order valence-electron chi connectivity index (χ0n) is 10.1. The topological polar surface area (TPSA) is 66.0 Å². The van der Waals surface area contributed by atoms with Gasteiger partial charge >= 0.3 is 5.97 Å². The van der Waals surface area contributed by atoms with Gasteiger partial charge in [0.2, 0.25) is 0 Å². The maximum Gasteiger partial charge on any atom is 0.314 e. The Balaban J connectivity index is 2.11. The predicted octanol–water partition coefficient (Wildman–Crippen LogP) is 2.85. The summed E-state index contributed by atoms with van der Waals surface area (Å²) in [6.07, 6.45) is 6.36. The summed E-state index contributed by atoms with van der Waals surface area (Å²) in [6, 6.07) is 5.84. The number of aliphatic carboxylic acids is 1. The summed E-state index contributed by atoms with van der Waals surface area (Å²) >= 11 is 0. The molecule has 1 aliphatic rings. The number of aromatic nitrogens is 2. The molecule has 4 nitrogen and oxygen atoms in total. The monoisotopic (exact) mass is 244 g/mol. The van der Waals surface area contributed by atoms with E-state index in [2.05, 4.69) is 10.2 Å². The van der Waals surface area contributed by atoms with Crippen molar-refractivity contribution in [2.24, 2.45) is 0 Å². The highest BCUT2D eigenvalue weighted by atomic mass is 16.4. The highest BCUT2D eigenvalue weighted by Gasteiger charge is 2.41. The first-order chi connectivity index (χ1) is 8.72. The second kappa shape index (κ2) is 4.12. The molecule has 0 aliphatic heterocycles. The van der Waals surface area contributed by atoms with E-state index >= 15 is 0 Å². The molecule has 0 atom stereocenters. The van der Waals surface area contributed by atoms with Crippen LogP contribution in [0.3, 0.4) is 0 Å². The van der Waals surface area contributed by atoms with Crippen LogP contribution in [-0.2, 0) is 10.2 Å². The Morgan fingerprint density at radius 2 is 2.06 bits per heavy atom. The fourth-order valence-corrected chi connectivity index (χ4v) is 3.02. The summed E-state index contributed by atoms with van der Waals surface area (Å²) in [6.45, 7) is 0. The zero-order valence-corrected chi connectivity index (χ0v) is 10.1. The summed E-state index contributed by atoms with van der Waals surface area (Å²) in [7, 11) is 0. The van der Waals surface area contributed by atoms with Crippen molar-refractivity contribution in [3.8, 4) is 0 Å². The van der Waals surface area contributed by atoms with Crippen LogP contribution in [0.4, 0.5) is 0 Å². The summed E-state index contributed by atoms with van der Waals surface area (Å²) < 4.78 is 0. The van der Waals surface area contributed by atoms with E-state index < -0.39 is 11.4 Å². The van der Waals surface area contributed by atoms with Crippen LogP contribution in [0.25, 0.3) is 10.9 Å². The summed E-state index contributed by atoms with van der Waals surface area (Å²) in [5.41, 5.74) is 1.13. The minimum atomic E-state index is -0.697. The van der Waals surface area contributed by atoms with E-state index in [4.69, 9.17) is 0 Å². The van der Waals surface area contributed by atoms with Gasteiger partial charge in [-0.15, -0.1) is 0 Å². The third-order valence-electron chi connectivity index (χ3n) is 4.11. The standard InChI is InChI=1S/C14H16N2O2/c17-13(18)14(6-2-1-3-7-14)11-5-4-10-9-15-16-12(10)8-11/h4-5,8-9H,1-3,6-7H2,(H,15,16)(H,17,18). The highest BCUT2D eigenvalue weighted by molar-refractivity contribution is 5.85. The van der Waals surface area contributed by atoms with Gasteiger partial charge in [-0.2, -0.15) is 5.10 Å². The molecule has 3 rings (SSSR count). The van der Waals surface area contributed by atoms with Gasteiger partial charge < -0.3 is 5.11 Å². The van der Waals surface area contributed by atoms with E-state index in [0.29, 0.717) is 0 Å². The SMILES string of the molecule is O=C(O)C1(c2ccc3cn[nH]c3c2)CCCCC1. The number of benzene rings is 1. The first-order valence-corrected chi connectivity index (χ1v) is 6.39. The second-order valence-corrected chi connectivity index (χ2v) is 5.12. The van der Waals surface area contributed by atoms with E-state index in [9.17, 15) is 9.90 Å². The zero-order chi connectivity index (χ0) is 12.6. The van der Waals surface area contributed by atoms with E-state index in [1.54, 1.807) is 6.20 Å². The van der Waals surface area contributed by atoms with Crippen molar-refractivity contribution in [3.63, 3.8) is 0 Å². The van der Waals surface area contributed by atoms with E-state index in [-0.39, 0.29) is 0 Å². The van der Waals surface area contributed by atoms with Gasteiger partial charge in [-0.05, 0) is 24.5 Å². The molecule has 0 spiro atoms. The van der Waals surface area contributed by atoms with Crippen molar-refractivity contribution < 1.29 is 9.90 Å². The molecule has 2 aromatic rings. The van der Waals surface area contributed by atoms with E-state index in [1.165, 1.54) is 0 Å². The minimum Gasteiger partial charge on any atom is -0.481 e. The second-order valence-electron chi connectivity index (χ2n) is 5.12. The molecule has 0 saturated heterocycles. The van der Waals surface area contributed by atoms with Gasteiger partial charge in [0.1, 0.15) is 0 Å². The maximum atomic E-state index is 11.7. The van der Waals surface area contributed by atoms with Crippen molar-refractivity contribution in [1.82, 2.24) is 10.2 Å². The Kier molecular flexibility index (Phi) is 2.58. The number of rotatable bonds is 2. The molecule has 2 N–H and O–H groups in total. The van der Waals surface area contributed by atoms with Crippen molar-refractivity contribution in [2.45, 2.75) is 37.5 Å². The largest absolute Gasteiger partial charge is 0.481 e. The number of carboxylic acid groups (broad SMARTS) is 1. The van der Waals surface area contributed by atoms with Crippen molar-refractivity contribution in [2.75, 3.05) is 0 Å². The number of hydrogen-bond acceptors (Lipinski definition) is 2. The third-order valence-corrected chi connectivity index (χ3v) is 4.11. The quantitative estimate of drug-likeness (QED) is 0.853. The van der Waals surface area contributed by atoms with Crippen molar-refractivity contribution in [1.29, 1.82) is 0 Å². The van der Waals surface area contributed by atoms with Crippen LogP contribution in [-0.4, -0.2) is 21.3 Å². The van der Waals surface area contributed by atoms with Gasteiger partial charge in [0.05, 0.1) is 17.1 Å². The number of carboxylic acids is 1. The molecule has 0 radical (unpaired) electrons. The van der Waals surface area contributed by atoms with Crippen LogP contribution in [0.2, 0.25) is 0 Å². The summed E-state index contributed by atoms with van der Waals surface area (Å²) in [5.74, 6) is -0.693. The normalized spacial score (nSPS) is 18.9. The lowest BCUT2D eigenvalue weighted by molar-refractivity contribution is -0.145. The van der Waals surface area contributed by atoms with Crippen LogP contribution < -0.4 is 0 Å². The number of hydrogen-bond donors (Lipinski definition) is 2. The molecular weight excluding hydrogens is 228 g/mol. The molecule has 1 aromatic carbocycles. The molecule has 0 bridgehead atoms. The molecular formula is C14H16N2O2. The molecule has 1 fully saturated rings. The number of carbonyl (C=O) groups is 1. The number of nitrogens with one attached hydrogen (secondary N) is 1. The fraction of sp³-hybridized carbons (Fsp3) is 0.429. The van der Waals surface area contributed by atoms with E-state index in [1.807, 2.05) is 18.2 Å². The molecule has 1 saturated carbocycles. The van der Waals surface area contributed by atoms with Crippen molar-refractivity contribution >= 4 is 16.9 Å². The number of aromatic amines is 1. The molecule has 1 heterocycles. The predicted molar refractivity (Wildman–Crippen MR) is 68.5 cm³/mol. The van der Waals surface area contributed by atoms with Crippen LogP contribution in [0.15, 0.2) is 24.4 Å². The summed E-state index contributed by atoms with van der Waals surface area (Å²) in [4.78, 5) is 11.7. The smallest absolute Gasteiger partial charge is 0.314 e. The highest BCUT2D eigenvalue weighted by Crippen LogP contribution is 2.40. The molecule has 4 heteroatoms. The lowest BCUT2D eigenvalue weighted by Crippen LogP contribution is -2.37. The van der Waals surface area contributed by atoms with Gasteiger partial charge in [-0.3, -0.25) is 9.89 Å². The molecule has 18 heavy (non-hydrogen) atoms. The first-order valence-electron chi connectivity index (χ1n) is 6.39. The van der Waals surface area contributed by atoms with Gasteiger partial charge in [0.15, 0.2) is 0 Å². The van der Waals surface area contributed by atoms with Crippen LogP contribution in [0.5, 0.6) is 0 Å². The Morgan fingerprint density at radius 1 is 1.28 bits per heavy atom. The van der Waals surface area contributed by atoms with Gasteiger partial charge in [-0.25, -0.2) is 0 Å². The Morgan fingerprint density at radius 3 is 2.78 bits per heavy atom. The molecule has 1 aromatic heterocycles. The Hall–Kier alpha value is -1.84. The van der Waals surface area contributed by atoms with E-state index in [0.717, 1.165) is 48.6 Å². The molecule has 0 unspecified atom stereocenters. The average Bonchev–Trinajstić information content (AvgIpc) is 2.86. The van der Waals surface area contributed by atoms with Gasteiger partial charge in [0, 0.05) is 5.39 Å². The Labute approximate surface area is 105 Å². The van der Waals surface area contributed by atoms with Crippen LogP contribution in [0.1, 0.15) is 37.7 Å². The molecule has 1 aliphatic carbocycles. The van der Waals surface area contributed by atoms with Crippen LogP contribution in [0, 0.1) is 0 Å². The lowest BCUT2D eigenvalue weighted by Gasteiger charge is -2.33. The third kappa shape index (κ3) is 1.60. The lowest BCUT2D eigenvalue weighted by atomic mass is 9.69. The number of fused-ring (bicyclic) bond motifs is 1.